The normalized spacial score (nSPS) is 11.5. The molecule has 0 radical (unpaired) electrons. The van der Waals surface area contributed by atoms with Gasteiger partial charge in [-0.3, -0.25) is 10.4 Å². The third-order valence-electron chi connectivity index (χ3n) is 2.24. The van der Waals surface area contributed by atoms with Gasteiger partial charge in [-0.15, -0.1) is 0 Å². The number of anilines is 1. The monoisotopic (exact) mass is 332 g/mol. The Morgan fingerprint density at radius 2 is 2.32 bits per heavy atom. The summed E-state index contributed by atoms with van der Waals surface area (Å²) in [6.07, 6.45) is 0.811. The Balaban J connectivity index is 2.53. The molecule has 0 spiro atoms. The Kier molecular flexibility index (Phi) is 7.39. The first kappa shape index (κ1) is 15.9. The number of halogens is 2. The molecule has 0 bridgehead atoms. The molecule has 19 heavy (non-hydrogen) atoms. The number of hydrogen-bond acceptors (Lipinski definition) is 3. The lowest BCUT2D eigenvalue weighted by Gasteiger charge is -2.10. The van der Waals surface area contributed by atoms with Gasteiger partial charge in [-0.2, -0.15) is 0 Å². The zero-order chi connectivity index (χ0) is 14.1. The van der Waals surface area contributed by atoms with Crippen LogP contribution in [0.25, 0.3) is 0 Å². The van der Waals surface area contributed by atoms with Gasteiger partial charge in [0.2, 0.25) is 5.96 Å². The highest BCUT2D eigenvalue weighted by atomic mass is 79.9. The number of ether oxygens (including phenoxy) is 1. The predicted octanol–water partition coefficient (Wildman–Crippen LogP) is 2.25. The van der Waals surface area contributed by atoms with Gasteiger partial charge >= 0.3 is 0 Å². The van der Waals surface area contributed by atoms with Gasteiger partial charge in [0.15, 0.2) is 0 Å². The van der Waals surface area contributed by atoms with E-state index in [0.717, 1.165) is 6.42 Å². The molecule has 0 saturated carbocycles. The maximum atomic E-state index is 12.9. The minimum absolute atomic E-state index is 0.312. The van der Waals surface area contributed by atoms with Crippen molar-refractivity contribution in [2.45, 2.75) is 13.3 Å². The highest BCUT2D eigenvalue weighted by Gasteiger charge is 2.03. The summed E-state index contributed by atoms with van der Waals surface area (Å²) in [6.45, 7) is 3.90. The zero-order valence-electron chi connectivity index (χ0n) is 10.7. The second kappa shape index (κ2) is 8.84. The van der Waals surface area contributed by atoms with E-state index in [1.165, 1.54) is 12.1 Å². The van der Waals surface area contributed by atoms with Gasteiger partial charge in [-0.1, -0.05) is 0 Å². The molecule has 0 unspecified atom stereocenters. The lowest BCUT2D eigenvalue weighted by Crippen LogP contribution is -2.36. The number of aliphatic imine (C=N–C) groups is 1. The van der Waals surface area contributed by atoms with Crippen LogP contribution < -0.4 is 16.6 Å². The summed E-state index contributed by atoms with van der Waals surface area (Å²) in [4.78, 5) is 4.25. The van der Waals surface area contributed by atoms with Crippen LogP contribution in [0.1, 0.15) is 13.3 Å². The van der Waals surface area contributed by atoms with Gasteiger partial charge in [0, 0.05) is 24.2 Å². The smallest absolute Gasteiger partial charge is 0.210 e. The van der Waals surface area contributed by atoms with E-state index in [4.69, 9.17) is 10.6 Å². The van der Waals surface area contributed by atoms with E-state index in [1.54, 1.807) is 6.07 Å². The molecule has 0 aromatic heterocycles. The van der Waals surface area contributed by atoms with Gasteiger partial charge in [0.1, 0.15) is 5.82 Å². The molecule has 0 heterocycles. The first-order valence-corrected chi connectivity index (χ1v) is 6.77. The van der Waals surface area contributed by atoms with Crippen LogP contribution in [0.15, 0.2) is 27.7 Å². The molecule has 1 rings (SSSR count). The van der Waals surface area contributed by atoms with Crippen LogP contribution in [0.4, 0.5) is 10.1 Å². The number of rotatable bonds is 6. The van der Waals surface area contributed by atoms with Crippen LogP contribution in [0.2, 0.25) is 0 Å². The summed E-state index contributed by atoms with van der Waals surface area (Å²) in [6, 6.07) is 4.33. The van der Waals surface area contributed by atoms with Crippen molar-refractivity contribution in [1.29, 1.82) is 0 Å². The fraction of sp³-hybridized carbons (Fsp3) is 0.417. The highest BCUT2D eigenvalue weighted by Crippen LogP contribution is 2.22. The maximum Gasteiger partial charge on any atom is 0.210 e. The van der Waals surface area contributed by atoms with E-state index in [1.807, 2.05) is 6.92 Å². The second-order valence-corrected chi connectivity index (χ2v) is 4.53. The standard InChI is InChI=1S/C12H18BrFN4O/c1-2-19-7-3-6-16-12(18-15)17-11-5-4-9(14)8-10(11)13/h4-5,8H,2-3,6-7,15H2,1H3,(H2,16,17,18). The van der Waals surface area contributed by atoms with Gasteiger partial charge in [-0.25, -0.2) is 10.2 Å². The lowest BCUT2D eigenvalue weighted by molar-refractivity contribution is 0.146. The van der Waals surface area contributed by atoms with Crippen LogP contribution in [0.3, 0.4) is 0 Å². The molecular formula is C12H18BrFN4O. The van der Waals surface area contributed by atoms with Crippen molar-refractivity contribution >= 4 is 27.6 Å². The second-order valence-electron chi connectivity index (χ2n) is 3.67. The van der Waals surface area contributed by atoms with Gasteiger partial charge in [0.25, 0.3) is 0 Å². The van der Waals surface area contributed by atoms with Crippen molar-refractivity contribution in [1.82, 2.24) is 5.43 Å². The average molecular weight is 333 g/mol. The summed E-state index contributed by atoms with van der Waals surface area (Å²) in [5.74, 6) is 5.49. The van der Waals surface area contributed by atoms with Crippen molar-refractivity contribution in [3.8, 4) is 0 Å². The molecule has 0 saturated heterocycles. The van der Waals surface area contributed by atoms with Crippen molar-refractivity contribution in [2.75, 3.05) is 25.1 Å². The topological polar surface area (TPSA) is 71.7 Å². The first-order valence-electron chi connectivity index (χ1n) is 5.98. The number of nitrogens with zero attached hydrogens (tertiary/aromatic N) is 1. The fourth-order valence-electron chi connectivity index (χ4n) is 1.34. The van der Waals surface area contributed by atoms with Crippen molar-refractivity contribution in [3.63, 3.8) is 0 Å². The molecule has 0 aliphatic heterocycles. The Hall–Kier alpha value is -1.18. The fourth-order valence-corrected chi connectivity index (χ4v) is 1.79. The summed E-state index contributed by atoms with van der Waals surface area (Å²) >= 11 is 3.26. The molecular weight excluding hydrogens is 315 g/mol. The highest BCUT2D eigenvalue weighted by molar-refractivity contribution is 9.10. The summed E-state index contributed by atoms with van der Waals surface area (Å²) in [5.41, 5.74) is 3.15. The van der Waals surface area contributed by atoms with Crippen molar-refractivity contribution in [3.05, 3.63) is 28.5 Å². The van der Waals surface area contributed by atoms with E-state index in [2.05, 4.69) is 31.7 Å². The van der Waals surface area contributed by atoms with Gasteiger partial charge in [0.05, 0.1) is 5.69 Å². The number of benzene rings is 1. The number of hydrazine groups is 1. The molecule has 0 atom stereocenters. The minimum Gasteiger partial charge on any atom is -0.382 e. The van der Waals surface area contributed by atoms with Gasteiger partial charge in [-0.05, 0) is 47.5 Å². The van der Waals surface area contributed by atoms with Crippen LogP contribution >= 0.6 is 15.9 Å². The quantitative estimate of drug-likeness (QED) is 0.245. The van der Waals surface area contributed by atoms with Crippen LogP contribution in [0.5, 0.6) is 0 Å². The van der Waals surface area contributed by atoms with Crippen molar-refractivity contribution < 1.29 is 9.13 Å². The Labute approximate surface area is 120 Å². The molecule has 7 heteroatoms. The van der Waals surface area contributed by atoms with E-state index in [-0.39, 0.29) is 5.82 Å². The lowest BCUT2D eigenvalue weighted by atomic mass is 10.3. The Bertz CT molecular complexity index is 428. The Morgan fingerprint density at radius 3 is 2.95 bits per heavy atom. The molecule has 5 nitrogen and oxygen atoms in total. The predicted molar refractivity (Wildman–Crippen MR) is 78.5 cm³/mol. The molecule has 0 amide bonds. The number of nitrogens with one attached hydrogen (secondary N) is 2. The van der Waals surface area contributed by atoms with E-state index in [9.17, 15) is 4.39 Å². The van der Waals surface area contributed by atoms with E-state index in [0.29, 0.717) is 35.9 Å². The van der Waals surface area contributed by atoms with Crippen LogP contribution in [0, 0.1) is 5.82 Å². The zero-order valence-corrected chi connectivity index (χ0v) is 12.3. The third-order valence-corrected chi connectivity index (χ3v) is 2.90. The SMILES string of the molecule is CCOCCCN=C(NN)Nc1ccc(F)cc1Br. The number of nitrogens with two attached hydrogens (primary N) is 1. The largest absolute Gasteiger partial charge is 0.382 e. The summed E-state index contributed by atoms with van der Waals surface area (Å²) < 4.78 is 18.8. The summed E-state index contributed by atoms with van der Waals surface area (Å²) in [7, 11) is 0. The van der Waals surface area contributed by atoms with Gasteiger partial charge < -0.3 is 10.1 Å². The van der Waals surface area contributed by atoms with Crippen molar-refractivity contribution in [2.24, 2.45) is 10.8 Å². The summed E-state index contributed by atoms with van der Waals surface area (Å²) in [5, 5.41) is 2.97. The third kappa shape index (κ3) is 6.00. The van der Waals surface area contributed by atoms with E-state index < -0.39 is 0 Å². The molecule has 1 aromatic carbocycles. The number of hydrogen-bond donors (Lipinski definition) is 3. The molecule has 0 aliphatic carbocycles. The van der Waals surface area contributed by atoms with E-state index >= 15 is 0 Å². The molecule has 0 aliphatic rings. The Morgan fingerprint density at radius 1 is 1.53 bits per heavy atom. The molecule has 106 valence electrons. The molecule has 1 aromatic rings. The average Bonchev–Trinajstić information content (AvgIpc) is 2.39. The molecule has 4 N–H and O–H groups in total. The van der Waals surface area contributed by atoms with Crippen LogP contribution in [-0.2, 0) is 4.74 Å². The van der Waals surface area contributed by atoms with Crippen LogP contribution in [-0.4, -0.2) is 25.7 Å². The minimum atomic E-state index is -0.312. The first-order chi connectivity index (χ1) is 9.17. The number of guanidine groups is 1. The molecule has 0 fully saturated rings. The maximum absolute atomic E-state index is 12.9.